The van der Waals surface area contributed by atoms with Gasteiger partial charge in [0.15, 0.2) is 5.78 Å². The maximum absolute atomic E-state index is 13.2. The van der Waals surface area contributed by atoms with E-state index in [4.69, 9.17) is 4.74 Å². The maximum Gasteiger partial charge on any atom is 0.173 e. The predicted octanol–water partition coefficient (Wildman–Crippen LogP) is 4.02. The van der Waals surface area contributed by atoms with Gasteiger partial charge in [0.05, 0.1) is 23.9 Å². The summed E-state index contributed by atoms with van der Waals surface area (Å²) in [7, 11) is 0. The van der Waals surface area contributed by atoms with E-state index in [0.717, 1.165) is 23.1 Å². The summed E-state index contributed by atoms with van der Waals surface area (Å²) in [5.41, 5.74) is 1.55. The largest absolute Gasteiger partial charge is 0.496 e. The molecule has 0 aromatic heterocycles. The van der Waals surface area contributed by atoms with Gasteiger partial charge in [-0.1, -0.05) is 34.5 Å². The van der Waals surface area contributed by atoms with Crippen LogP contribution in [0.2, 0.25) is 0 Å². The minimum atomic E-state index is -0.393. The number of fused-ring (bicyclic) bond motifs is 1. The summed E-state index contributed by atoms with van der Waals surface area (Å²) in [6, 6.07) is 8.32. The van der Waals surface area contributed by atoms with Crippen molar-refractivity contribution in [2.45, 2.75) is 57.3 Å². The molecule has 0 radical (unpaired) electrons. The van der Waals surface area contributed by atoms with Gasteiger partial charge in [0.2, 0.25) is 0 Å². The van der Waals surface area contributed by atoms with Crippen LogP contribution in [0.1, 0.15) is 44.6 Å². The zero-order valence-corrected chi connectivity index (χ0v) is 17.4. The molecule has 2 fully saturated rings. The van der Waals surface area contributed by atoms with Crippen molar-refractivity contribution in [1.29, 1.82) is 0 Å². The highest BCUT2D eigenvalue weighted by Crippen LogP contribution is 2.40. The van der Waals surface area contributed by atoms with E-state index in [2.05, 4.69) is 27.8 Å². The Bertz CT molecular complexity index is 717. The lowest BCUT2D eigenvalue weighted by molar-refractivity contribution is -0.134. The highest BCUT2D eigenvalue weighted by molar-refractivity contribution is 9.10. The molecule has 1 aromatic carbocycles. The summed E-state index contributed by atoms with van der Waals surface area (Å²) < 4.78 is 7.12. The molecule has 2 aliphatic heterocycles. The van der Waals surface area contributed by atoms with Crippen LogP contribution in [0, 0.1) is 11.8 Å². The third kappa shape index (κ3) is 3.87. The van der Waals surface area contributed by atoms with E-state index in [9.17, 15) is 9.90 Å². The number of halogens is 1. The Balaban J connectivity index is 1.54. The first-order chi connectivity index (χ1) is 13.0. The van der Waals surface area contributed by atoms with Crippen LogP contribution >= 0.6 is 15.9 Å². The van der Waals surface area contributed by atoms with Crippen molar-refractivity contribution in [1.82, 2.24) is 4.90 Å². The van der Waals surface area contributed by atoms with Gasteiger partial charge >= 0.3 is 0 Å². The molecule has 5 unspecified atom stereocenters. The van der Waals surface area contributed by atoms with E-state index in [1.165, 1.54) is 19.3 Å². The van der Waals surface area contributed by atoms with E-state index < -0.39 is 6.10 Å². The van der Waals surface area contributed by atoms with Crippen LogP contribution in [0.3, 0.4) is 0 Å². The van der Waals surface area contributed by atoms with Gasteiger partial charge in [-0.25, -0.2) is 0 Å². The number of benzene rings is 1. The highest BCUT2D eigenvalue weighted by Gasteiger charge is 2.47. The molecule has 1 saturated carbocycles. The summed E-state index contributed by atoms with van der Waals surface area (Å²) in [4.78, 5) is 15.7. The molecule has 0 bridgehead atoms. The first-order valence-electron chi connectivity index (χ1n) is 10.1. The monoisotopic (exact) mass is 433 g/mol. The third-order valence-electron chi connectivity index (χ3n) is 6.57. The zero-order chi connectivity index (χ0) is 19.0. The smallest absolute Gasteiger partial charge is 0.173 e. The number of rotatable bonds is 3. The van der Waals surface area contributed by atoms with Crippen molar-refractivity contribution in [3.63, 3.8) is 0 Å². The minimum absolute atomic E-state index is 0.00373. The molecular formula is C22H28BrNO3. The molecule has 0 spiro atoms. The number of hydrogen-bond donors (Lipinski definition) is 1. The lowest BCUT2D eigenvalue weighted by Crippen LogP contribution is -2.53. The first-order valence-corrected chi connectivity index (χ1v) is 10.9. The summed E-state index contributed by atoms with van der Waals surface area (Å²) in [5, 5.41) is 10.7. The molecule has 4 rings (SSSR count). The Kier molecular flexibility index (Phi) is 5.72. The predicted molar refractivity (Wildman–Crippen MR) is 109 cm³/mol. The van der Waals surface area contributed by atoms with Crippen LogP contribution in [-0.4, -0.2) is 47.1 Å². The van der Waals surface area contributed by atoms with Crippen LogP contribution in [0.5, 0.6) is 0 Å². The number of piperidine rings is 1. The number of carbonyl (C=O) groups excluding carboxylic acids is 1. The third-order valence-corrected chi connectivity index (χ3v) is 7.10. The van der Waals surface area contributed by atoms with Crippen LogP contribution in [0.25, 0.3) is 5.57 Å². The second-order valence-electron chi connectivity index (χ2n) is 8.26. The van der Waals surface area contributed by atoms with Crippen LogP contribution in [0.15, 0.2) is 35.0 Å². The fourth-order valence-electron chi connectivity index (χ4n) is 4.89. The quantitative estimate of drug-likeness (QED) is 0.781. The Morgan fingerprint density at radius 2 is 1.96 bits per heavy atom. The molecule has 1 aliphatic carbocycles. The van der Waals surface area contributed by atoms with Gasteiger partial charge < -0.3 is 14.7 Å². The Labute approximate surface area is 169 Å². The second-order valence-corrected chi connectivity index (χ2v) is 9.17. The summed E-state index contributed by atoms with van der Waals surface area (Å²) in [5.74, 6) is 0.00952. The van der Waals surface area contributed by atoms with Gasteiger partial charge in [0, 0.05) is 23.0 Å². The molecule has 4 nitrogen and oxygen atoms in total. The maximum atomic E-state index is 13.2. The second kappa shape index (κ2) is 8.06. The Morgan fingerprint density at radius 3 is 2.70 bits per heavy atom. The van der Waals surface area contributed by atoms with Gasteiger partial charge in [-0.15, -0.1) is 0 Å². The minimum Gasteiger partial charge on any atom is -0.496 e. The fourth-order valence-corrected chi connectivity index (χ4v) is 5.16. The molecule has 27 heavy (non-hydrogen) atoms. The topological polar surface area (TPSA) is 49.8 Å². The first kappa shape index (κ1) is 19.2. The SMILES string of the molecule is CC1CCCCN1CC1C(O)CCC2C(=O)C(c3ccc(Br)cc3)=COC21. The van der Waals surface area contributed by atoms with Crippen molar-refractivity contribution in [2.75, 3.05) is 13.1 Å². The van der Waals surface area contributed by atoms with Crippen LogP contribution < -0.4 is 0 Å². The summed E-state index contributed by atoms with van der Waals surface area (Å²) in [6.07, 6.45) is 6.12. The Hall–Kier alpha value is -1.17. The summed E-state index contributed by atoms with van der Waals surface area (Å²) >= 11 is 3.44. The van der Waals surface area contributed by atoms with Crippen LogP contribution in [-0.2, 0) is 9.53 Å². The number of hydrogen-bond acceptors (Lipinski definition) is 4. The fraction of sp³-hybridized carbons (Fsp3) is 0.591. The number of nitrogens with zero attached hydrogens (tertiary/aromatic N) is 1. The molecule has 3 aliphatic rings. The van der Waals surface area contributed by atoms with Crippen molar-refractivity contribution in [2.24, 2.45) is 11.8 Å². The zero-order valence-electron chi connectivity index (χ0n) is 15.8. The molecule has 5 atom stereocenters. The van der Waals surface area contributed by atoms with E-state index in [-0.39, 0.29) is 23.7 Å². The number of ketones is 1. The molecule has 0 amide bonds. The van der Waals surface area contributed by atoms with Crippen molar-refractivity contribution >= 4 is 27.3 Å². The summed E-state index contributed by atoms with van der Waals surface area (Å²) in [6.45, 7) is 4.16. The molecule has 1 aromatic rings. The standard InChI is InChI=1S/C22H28BrNO3/c1-14-4-2-3-11-24(14)12-18-20(25)10-9-17-21(26)19(13-27-22(17)18)15-5-7-16(23)8-6-15/h5-8,13-14,17-18,20,22,25H,2-4,9-12H2,1H3. The van der Waals surface area contributed by atoms with Gasteiger partial charge in [0.25, 0.3) is 0 Å². The molecule has 1 N–H and O–H groups in total. The van der Waals surface area contributed by atoms with Crippen molar-refractivity contribution in [3.05, 3.63) is 40.6 Å². The number of carbonyl (C=O) groups is 1. The van der Waals surface area contributed by atoms with E-state index in [1.54, 1.807) is 6.26 Å². The van der Waals surface area contributed by atoms with Gasteiger partial charge in [-0.05, 0) is 56.8 Å². The number of allylic oxidation sites excluding steroid dienone is 1. The number of likely N-dealkylation sites (tertiary alicyclic amines) is 1. The Morgan fingerprint density at radius 1 is 1.19 bits per heavy atom. The highest BCUT2D eigenvalue weighted by atomic mass is 79.9. The van der Waals surface area contributed by atoms with E-state index in [0.29, 0.717) is 24.5 Å². The average molecular weight is 434 g/mol. The molecule has 5 heteroatoms. The number of Topliss-reactive ketones (excluding diaryl/α,β-unsaturated/α-hetero) is 1. The number of aliphatic hydroxyl groups is 1. The van der Waals surface area contributed by atoms with Crippen molar-refractivity contribution in [3.8, 4) is 0 Å². The van der Waals surface area contributed by atoms with Crippen molar-refractivity contribution < 1.29 is 14.6 Å². The van der Waals surface area contributed by atoms with E-state index >= 15 is 0 Å². The molecule has 1 saturated heterocycles. The van der Waals surface area contributed by atoms with Gasteiger partial charge in [0.1, 0.15) is 6.10 Å². The normalized spacial score (nSPS) is 34.6. The van der Waals surface area contributed by atoms with Gasteiger partial charge in [-0.3, -0.25) is 4.79 Å². The lowest BCUT2D eigenvalue weighted by Gasteiger charge is -2.45. The van der Waals surface area contributed by atoms with E-state index in [1.807, 2.05) is 24.3 Å². The number of aliphatic hydroxyl groups excluding tert-OH is 1. The molecule has 2 heterocycles. The lowest BCUT2D eigenvalue weighted by atomic mass is 9.72. The molecule has 146 valence electrons. The average Bonchev–Trinajstić information content (AvgIpc) is 2.67. The van der Waals surface area contributed by atoms with Crippen LogP contribution in [0.4, 0.5) is 0 Å². The van der Waals surface area contributed by atoms with Gasteiger partial charge in [-0.2, -0.15) is 0 Å². The number of ether oxygens (including phenoxy) is 1. The molecular weight excluding hydrogens is 406 g/mol.